The van der Waals surface area contributed by atoms with Gasteiger partial charge in [0.1, 0.15) is 0 Å². The molecule has 0 fully saturated rings. The molecule has 0 unspecified atom stereocenters. The van der Waals surface area contributed by atoms with Crippen molar-refractivity contribution < 1.29 is 9.59 Å². The highest BCUT2D eigenvalue weighted by atomic mass is 35.5. The van der Waals surface area contributed by atoms with Gasteiger partial charge < -0.3 is 5.32 Å². The van der Waals surface area contributed by atoms with E-state index in [4.69, 9.17) is 23.8 Å². The minimum absolute atomic E-state index is 0.0321. The van der Waals surface area contributed by atoms with Gasteiger partial charge >= 0.3 is 0 Å². The molecule has 0 saturated carbocycles. The number of thiocarbonyl (C=S) groups is 1. The number of hydrogen-bond donors (Lipinski definition) is 3. The molecule has 0 aliphatic carbocycles. The first-order valence-electron chi connectivity index (χ1n) is 7.66. The van der Waals surface area contributed by atoms with E-state index in [0.717, 1.165) is 11.1 Å². The SMILES string of the molecule is Cc1ccc(C(=O)NNC(=S)NC(=O)CCc2ccccc2Cl)cc1. The van der Waals surface area contributed by atoms with Gasteiger partial charge in [-0.05, 0) is 49.3 Å². The third-order valence-electron chi connectivity index (χ3n) is 3.44. The van der Waals surface area contributed by atoms with Gasteiger partial charge in [0.15, 0.2) is 5.11 Å². The topological polar surface area (TPSA) is 70.2 Å². The second kappa shape index (κ2) is 9.15. The van der Waals surface area contributed by atoms with Crippen molar-refractivity contribution in [2.75, 3.05) is 0 Å². The Kier molecular flexibility index (Phi) is 6.91. The number of hydrogen-bond acceptors (Lipinski definition) is 3. The summed E-state index contributed by atoms with van der Waals surface area (Å²) in [5, 5.41) is 3.17. The van der Waals surface area contributed by atoms with Crippen LogP contribution in [0.15, 0.2) is 48.5 Å². The number of carbonyl (C=O) groups excluding carboxylic acids is 2. The molecule has 2 aromatic rings. The van der Waals surface area contributed by atoms with Crippen LogP contribution in [-0.4, -0.2) is 16.9 Å². The summed E-state index contributed by atoms with van der Waals surface area (Å²) in [6, 6.07) is 14.4. The Hall–Kier alpha value is -2.44. The molecule has 7 heteroatoms. The van der Waals surface area contributed by atoms with Gasteiger partial charge in [-0.2, -0.15) is 0 Å². The predicted octanol–water partition coefficient (Wildman–Crippen LogP) is 2.92. The van der Waals surface area contributed by atoms with Crippen molar-refractivity contribution in [1.82, 2.24) is 16.2 Å². The van der Waals surface area contributed by atoms with Gasteiger partial charge in [0.2, 0.25) is 5.91 Å². The number of aryl methyl sites for hydroxylation is 2. The highest BCUT2D eigenvalue weighted by molar-refractivity contribution is 7.80. The first-order chi connectivity index (χ1) is 12.0. The first-order valence-corrected chi connectivity index (χ1v) is 8.44. The average Bonchev–Trinajstić information content (AvgIpc) is 2.59. The number of amides is 2. The lowest BCUT2D eigenvalue weighted by Crippen LogP contribution is -2.48. The smallest absolute Gasteiger partial charge is 0.269 e. The molecule has 2 rings (SSSR count). The molecule has 0 aliphatic rings. The van der Waals surface area contributed by atoms with E-state index in [1.807, 2.05) is 37.3 Å². The standard InChI is InChI=1S/C18H18ClN3O2S/c1-12-6-8-14(9-7-12)17(24)21-22-18(25)20-16(23)11-10-13-4-2-3-5-15(13)19/h2-9H,10-11H2,1H3,(H,21,24)(H2,20,22,23,25). The van der Waals surface area contributed by atoms with Crippen LogP contribution in [0.4, 0.5) is 0 Å². The summed E-state index contributed by atoms with van der Waals surface area (Å²) in [6.45, 7) is 1.94. The average molecular weight is 376 g/mol. The van der Waals surface area contributed by atoms with E-state index in [2.05, 4.69) is 16.2 Å². The third-order valence-corrected chi connectivity index (χ3v) is 4.01. The maximum atomic E-state index is 11.9. The Bertz CT molecular complexity index is 778. The van der Waals surface area contributed by atoms with E-state index in [1.54, 1.807) is 18.2 Å². The summed E-state index contributed by atoms with van der Waals surface area (Å²) in [5.74, 6) is -0.602. The molecule has 0 heterocycles. The zero-order valence-corrected chi connectivity index (χ0v) is 15.2. The van der Waals surface area contributed by atoms with Crippen LogP contribution in [0.1, 0.15) is 27.9 Å². The Morgan fingerprint density at radius 2 is 1.72 bits per heavy atom. The molecule has 2 aromatic carbocycles. The fourth-order valence-corrected chi connectivity index (χ4v) is 2.46. The Morgan fingerprint density at radius 1 is 1.04 bits per heavy atom. The van der Waals surface area contributed by atoms with Gasteiger partial charge in [0, 0.05) is 17.0 Å². The predicted molar refractivity (Wildman–Crippen MR) is 102 cm³/mol. The lowest BCUT2D eigenvalue weighted by atomic mass is 10.1. The zero-order valence-electron chi connectivity index (χ0n) is 13.6. The summed E-state index contributed by atoms with van der Waals surface area (Å²) >= 11 is 11.0. The zero-order chi connectivity index (χ0) is 18.2. The molecule has 0 saturated heterocycles. The van der Waals surface area contributed by atoms with Gasteiger partial charge in [0.25, 0.3) is 5.91 Å². The van der Waals surface area contributed by atoms with E-state index in [-0.39, 0.29) is 23.3 Å². The highest BCUT2D eigenvalue weighted by Gasteiger charge is 2.09. The molecule has 0 radical (unpaired) electrons. The first kappa shape index (κ1) is 18.9. The van der Waals surface area contributed by atoms with E-state index in [1.165, 1.54) is 0 Å². The molecule has 0 aliphatic heterocycles. The van der Waals surface area contributed by atoms with Crippen molar-refractivity contribution >= 4 is 40.7 Å². The summed E-state index contributed by atoms with van der Waals surface area (Å²) in [5.41, 5.74) is 7.40. The van der Waals surface area contributed by atoms with Gasteiger partial charge in [0.05, 0.1) is 0 Å². The van der Waals surface area contributed by atoms with Crippen LogP contribution in [0.5, 0.6) is 0 Å². The highest BCUT2D eigenvalue weighted by Crippen LogP contribution is 2.16. The van der Waals surface area contributed by atoms with Gasteiger partial charge in [-0.3, -0.25) is 20.4 Å². The molecule has 2 amide bonds. The number of rotatable bonds is 4. The van der Waals surface area contributed by atoms with Crippen LogP contribution < -0.4 is 16.2 Å². The van der Waals surface area contributed by atoms with E-state index in [9.17, 15) is 9.59 Å². The molecule has 130 valence electrons. The van der Waals surface area contributed by atoms with Crippen LogP contribution in [0.3, 0.4) is 0 Å². The normalized spacial score (nSPS) is 10.0. The van der Waals surface area contributed by atoms with Crippen molar-refractivity contribution in [3.8, 4) is 0 Å². The molecular formula is C18H18ClN3O2S. The van der Waals surface area contributed by atoms with Crippen molar-refractivity contribution in [3.05, 3.63) is 70.2 Å². The fourth-order valence-electron chi connectivity index (χ4n) is 2.06. The minimum atomic E-state index is -0.340. The van der Waals surface area contributed by atoms with Gasteiger partial charge in [-0.1, -0.05) is 47.5 Å². The molecule has 0 spiro atoms. The summed E-state index contributed by atoms with van der Waals surface area (Å²) in [4.78, 5) is 23.8. The molecule has 0 bridgehead atoms. The summed E-state index contributed by atoms with van der Waals surface area (Å²) in [6.07, 6.45) is 0.737. The Labute approximate surface area is 156 Å². The van der Waals surface area contributed by atoms with E-state index < -0.39 is 0 Å². The Balaban J connectivity index is 1.74. The van der Waals surface area contributed by atoms with Crippen molar-refractivity contribution in [1.29, 1.82) is 0 Å². The van der Waals surface area contributed by atoms with Gasteiger partial charge in [-0.15, -0.1) is 0 Å². The third kappa shape index (κ3) is 6.17. The van der Waals surface area contributed by atoms with Crippen molar-refractivity contribution in [2.24, 2.45) is 0 Å². The Morgan fingerprint density at radius 3 is 2.40 bits per heavy atom. The van der Waals surface area contributed by atoms with Crippen molar-refractivity contribution in [3.63, 3.8) is 0 Å². The second-order valence-electron chi connectivity index (χ2n) is 5.41. The molecular weight excluding hydrogens is 358 g/mol. The van der Waals surface area contributed by atoms with Crippen molar-refractivity contribution in [2.45, 2.75) is 19.8 Å². The second-order valence-corrected chi connectivity index (χ2v) is 6.23. The monoisotopic (exact) mass is 375 g/mol. The van der Waals surface area contributed by atoms with E-state index >= 15 is 0 Å². The van der Waals surface area contributed by atoms with Crippen LogP contribution in [0.2, 0.25) is 5.02 Å². The lowest BCUT2D eigenvalue weighted by molar-refractivity contribution is -0.119. The molecule has 0 atom stereocenters. The maximum absolute atomic E-state index is 11.9. The van der Waals surface area contributed by atoms with E-state index in [0.29, 0.717) is 17.0 Å². The largest absolute Gasteiger partial charge is 0.302 e. The summed E-state index contributed by atoms with van der Waals surface area (Å²) < 4.78 is 0. The maximum Gasteiger partial charge on any atom is 0.269 e. The summed E-state index contributed by atoms with van der Waals surface area (Å²) in [7, 11) is 0. The van der Waals surface area contributed by atoms with Crippen LogP contribution >= 0.6 is 23.8 Å². The van der Waals surface area contributed by atoms with Crippen LogP contribution in [-0.2, 0) is 11.2 Å². The van der Waals surface area contributed by atoms with Crippen LogP contribution in [0.25, 0.3) is 0 Å². The number of carbonyl (C=O) groups is 2. The fraction of sp³-hybridized carbons (Fsp3) is 0.167. The molecule has 5 nitrogen and oxygen atoms in total. The molecule has 25 heavy (non-hydrogen) atoms. The number of benzene rings is 2. The number of hydrazine groups is 1. The molecule has 0 aromatic heterocycles. The molecule has 3 N–H and O–H groups in total. The lowest BCUT2D eigenvalue weighted by Gasteiger charge is -2.11. The number of nitrogens with one attached hydrogen (secondary N) is 3. The van der Waals surface area contributed by atoms with Crippen LogP contribution in [0, 0.1) is 6.92 Å². The quantitative estimate of drug-likeness (QED) is 0.567. The minimum Gasteiger partial charge on any atom is -0.302 e. The number of halogens is 1. The van der Waals surface area contributed by atoms with Gasteiger partial charge in [-0.25, -0.2) is 0 Å².